The van der Waals surface area contributed by atoms with Crippen LogP contribution in [0.1, 0.15) is 41.0 Å². The molecule has 1 amide bonds. The van der Waals surface area contributed by atoms with Crippen LogP contribution in [0.5, 0.6) is 0 Å². The number of benzene rings is 1. The van der Waals surface area contributed by atoms with Gasteiger partial charge in [-0.25, -0.2) is 4.68 Å². The van der Waals surface area contributed by atoms with Gasteiger partial charge in [0.1, 0.15) is 0 Å². The molecule has 2 aliphatic rings. The smallest absolute Gasteiger partial charge is 0.272 e. The molecule has 0 saturated carbocycles. The Bertz CT molecular complexity index is 815. The predicted octanol–water partition coefficient (Wildman–Crippen LogP) is 3.57. The first-order valence-corrected chi connectivity index (χ1v) is 9.47. The van der Waals surface area contributed by atoms with Gasteiger partial charge in [0.2, 0.25) is 0 Å². The number of fused-ring (bicyclic) bond motifs is 1. The lowest BCUT2D eigenvalue weighted by Gasteiger charge is -2.23. The first kappa shape index (κ1) is 19.5. The van der Waals surface area contributed by atoms with Gasteiger partial charge in [-0.3, -0.25) is 4.79 Å². The molecule has 1 aromatic carbocycles. The quantitative estimate of drug-likeness (QED) is 0.805. The van der Waals surface area contributed by atoms with Crippen LogP contribution in [0.25, 0.3) is 5.69 Å². The van der Waals surface area contributed by atoms with Crippen molar-refractivity contribution in [1.29, 1.82) is 0 Å². The van der Waals surface area contributed by atoms with Gasteiger partial charge < -0.3 is 10.6 Å². The van der Waals surface area contributed by atoms with Crippen molar-refractivity contribution in [2.75, 3.05) is 13.1 Å². The molecule has 0 spiro atoms. The average molecular weight is 416 g/mol. The van der Waals surface area contributed by atoms with E-state index in [9.17, 15) is 4.79 Å². The van der Waals surface area contributed by atoms with Gasteiger partial charge in [-0.15, -0.1) is 12.4 Å². The summed E-state index contributed by atoms with van der Waals surface area (Å²) in [4.78, 5) is 12.8. The highest BCUT2D eigenvalue weighted by molar-refractivity contribution is 6.35. The number of piperidine rings is 1. The highest BCUT2D eigenvalue weighted by atomic mass is 35.5. The zero-order valence-electron chi connectivity index (χ0n) is 14.2. The minimum Gasteiger partial charge on any atom is -0.348 e. The molecule has 2 heterocycles. The van der Waals surface area contributed by atoms with E-state index in [0.29, 0.717) is 15.7 Å². The molecule has 4 rings (SSSR count). The summed E-state index contributed by atoms with van der Waals surface area (Å²) in [5, 5.41) is 12.2. The third kappa shape index (κ3) is 3.72. The van der Waals surface area contributed by atoms with Crippen LogP contribution < -0.4 is 10.6 Å². The summed E-state index contributed by atoms with van der Waals surface area (Å²) in [6.07, 6.45) is 4.73. The van der Waals surface area contributed by atoms with Gasteiger partial charge in [0.05, 0.1) is 10.7 Å². The molecule has 1 aliphatic carbocycles. The van der Waals surface area contributed by atoms with Crippen molar-refractivity contribution in [3.8, 4) is 5.69 Å². The predicted molar refractivity (Wildman–Crippen MR) is 106 cm³/mol. The van der Waals surface area contributed by atoms with Crippen molar-refractivity contribution < 1.29 is 4.79 Å². The summed E-state index contributed by atoms with van der Waals surface area (Å²) in [6.45, 7) is 1.88. The summed E-state index contributed by atoms with van der Waals surface area (Å²) in [5.41, 5.74) is 3.44. The first-order valence-electron chi connectivity index (χ1n) is 8.71. The van der Waals surface area contributed by atoms with Gasteiger partial charge in [0.25, 0.3) is 5.91 Å². The van der Waals surface area contributed by atoms with E-state index in [2.05, 4.69) is 15.7 Å². The van der Waals surface area contributed by atoms with E-state index in [1.807, 2.05) is 10.7 Å². The van der Waals surface area contributed by atoms with Gasteiger partial charge in [0.15, 0.2) is 5.69 Å². The summed E-state index contributed by atoms with van der Waals surface area (Å²) in [7, 11) is 0. The fourth-order valence-electron chi connectivity index (χ4n) is 3.69. The number of carbonyl (C=O) groups is 1. The molecule has 1 aliphatic heterocycles. The minimum absolute atomic E-state index is 0. The van der Waals surface area contributed by atoms with E-state index in [-0.39, 0.29) is 24.4 Å². The van der Waals surface area contributed by atoms with Crippen LogP contribution in [0.4, 0.5) is 0 Å². The van der Waals surface area contributed by atoms with E-state index in [1.54, 1.807) is 12.1 Å². The Kier molecular flexibility index (Phi) is 6.13. The maximum atomic E-state index is 12.8. The highest BCUT2D eigenvalue weighted by Crippen LogP contribution is 2.31. The minimum atomic E-state index is -0.0751. The van der Waals surface area contributed by atoms with Crippen LogP contribution >= 0.6 is 35.6 Å². The molecule has 1 saturated heterocycles. The molecule has 8 heteroatoms. The van der Waals surface area contributed by atoms with Gasteiger partial charge in [0, 0.05) is 22.3 Å². The number of halogens is 3. The molecule has 2 aromatic rings. The highest BCUT2D eigenvalue weighted by Gasteiger charge is 2.28. The molecule has 26 heavy (non-hydrogen) atoms. The lowest BCUT2D eigenvalue weighted by atomic mass is 10.1. The van der Waals surface area contributed by atoms with E-state index in [0.717, 1.165) is 62.1 Å². The molecule has 5 nitrogen and oxygen atoms in total. The molecule has 140 valence electrons. The maximum Gasteiger partial charge on any atom is 0.272 e. The second-order valence-corrected chi connectivity index (χ2v) is 7.48. The van der Waals surface area contributed by atoms with Gasteiger partial charge in [-0.2, -0.15) is 5.10 Å². The van der Waals surface area contributed by atoms with E-state index in [4.69, 9.17) is 23.2 Å². The van der Waals surface area contributed by atoms with Crippen molar-refractivity contribution in [2.24, 2.45) is 0 Å². The van der Waals surface area contributed by atoms with Crippen LogP contribution in [0.3, 0.4) is 0 Å². The summed E-state index contributed by atoms with van der Waals surface area (Å²) < 4.78 is 1.82. The van der Waals surface area contributed by atoms with Crippen LogP contribution in [-0.2, 0) is 12.8 Å². The first-order chi connectivity index (χ1) is 12.1. The standard InChI is InChI=1S/C18H20Cl2N4O.ClH/c19-11-4-5-16(14(20)10-11)24-15-3-1-2-13(15)17(23-24)18(25)22-12-6-8-21-9-7-12;/h4-5,10,12,21H,1-3,6-9H2,(H,22,25);1H. The Hall–Kier alpha value is -1.27. The number of nitrogens with zero attached hydrogens (tertiary/aromatic N) is 2. The molecule has 0 atom stereocenters. The van der Waals surface area contributed by atoms with Crippen molar-refractivity contribution in [1.82, 2.24) is 20.4 Å². The lowest BCUT2D eigenvalue weighted by Crippen LogP contribution is -2.43. The number of amides is 1. The SMILES string of the molecule is Cl.O=C(NC1CCNCC1)c1nn(-c2ccc(Cl)cc2Cl)c2c1CCC2. The van der Waals surface area contributed by atoms with Gasteiger partial charge in [-0.1, -0.05) is 23.2 Å². The Labute approximate surface area is 168 Å². The Morgan fingerprint density at radius 2 is 2.00 bits per heavy atom. The molecule has 0 radical (unpaired) electrons. The van der Waals surface area contributed by atoms with Crippen molar-refractivity contribution in [3.63, 3.8) is 0 Å². The van der Waals surface area contributed by atoms with E-state index < -0.39 is 0 Å². The van der Waals surface area contributed by atoms with Crippen molar-refractivity contribution in [3.05, 3.63) is 45.2 Å². The molecule has 0 bridgehead atoms. The second kappa shape index (κ2) is 8.17. The summed E-state index contributed by atoms with van der Waals surface area (Å²) in [5.74, 6) is -0.0751. The normalized spacial score (nSPS) is 16.8. The Balaban J connectivity index is 0.00000196. The third-order valence-electron chi connectivity index (χ3n) is 4.96. The molecule has 1 aromatic heterocycles. The number of hydrogen-bond acceptors (Lipinski definition) is 3. The van der Waals surface area contributed by atoms with Crippen LogP contribution in [-0.4, -0.2) is 34.8 Å². The van der Waals surface area contributed by atoms with Crippen LogP contribution in [0, 0.1) is 0 Å². The van der Waals surface area contributed by atoms with E-state index in [1.165, 1.54) is 0 Å². The number of hydrogen-bond donors (Lipinski definition) is 2. The molecular weight excluding hydrogens is 395 g/mol. The summed E-state index contributed by atoms with van der Waals surface area (Å²) >= 11 is 12.4. The zero-order valence-corrected chi connectivity index (χ0v) is 16.6. The zero-order chi connectivity index (χ0) is 17.4. The number of aromatic nitrogens is 2. The maximum absolute atomic E-state index is 12.8. The van der Waals surface area contributed by atoms with Crippen LogP contribution in [0.15, 0.2) is 18.2 Å². The lowest BCUT2D eigenvalue weighted by molar-refractivity contribution is 0.0923. The van der Waals surface area contributed by atoms with E-state index >= 15 is 0 Å². The fraction of sp³-hybridized carbons (Fsp3) is 0.444. The second-order valence-electron chi connectivity index (χ2n) is 6.63. The number of nitrogens with one attached hydrogen (secondary N) is 2. The number of rotatable bonds is 3. The Morgan fingerprint density at radius 3 is 2.73 bits per heavy atom. The third-order valence-corrected chi connectivity index (χ3v) is 5.50. The topological polar surface area (TPSA) is 59.0 Å². The largest absolute Gasteiger partial charge is 0.348 e. The molecular formula is C18H21Cl3N4O. The summed E-state index contributed by atoms with van der Waals surface area (Å²) in [6, 6.07) is 5.57. The van der Waals surface area contributed by atoms with Crippen molar-refractivity contribution in [2.45, 2.75) is 38.1 Å². The molecule has 2 N–H and O–H groups in total. The van der Waals surface area contributed by atoms with Gasteiger partial charge in [-0.05, 0) is 63.4 Å². The van der Waals surface area contributed by atoms with Crippen molar-refractivity contribution >= 4 is 41.5 Å². The molecule has 1 fully saturated rings. The molecule has 0 unspecified atom stereocenters. The Morgan fingerprint density at radius 1 is 1.23 bits per heavy atom. The average Bonchev–Trinajstić information content (AvgIpc) is 3.18. The monoisotopic (exact) mass is 414 g/mol. The fourth-order valence-corrected chi connectivity index (χ4v) is 4.18. The van der Waals surface area contributed by atoms with Gasteiger partial charge >= 0.3 is 0 Å². The van der Waals surface area contributed by atoms with Crippen LogP contribution in [0.2, 0.25) is 10.0 Å². The number of carbonyl (C=O) groups excluding carboxylic acids is 1.